The monoisotopic (exact) mass is 356 g/mol. The molecule has 0 saturated carbocycles. The zero-order chi connectivity index (χ0) is 18.8. The molecule has 2 N–H and O–H groups in total. The van der Waals surface area contributed by atoms with E-state index in [4.69, 9.17) is 10.00 Å². The van der Waals surface area contributed by atoms with E-state index in [1.54, 1.807) is 7.11 Å². The van der Waals surface area contributed by atoms with Crippen molar-refractivity contribution < 1.29 is 14.3 Å². The number of rotatable bonds is 9. The highest BCUT2D eigenvalue weighted by atomic mass is 16.5. The van der Waals surface area contributed by atoms with Crippen molar-refractivity contribution in [3.05, 3.63) is 41.6 Å². The van der Waals surface area contributed by atoms with Crippen LogP contribution in [0.4, 0.5) is 0 Å². The lowest BCUT2D eigenvalue weighted by Crippen LogP contribution is -2.28. The van der Waals surface area contributed by atoms with Crippen molar-refractivity contribution in [3.8, 4) is 11.8 Å². The summed E-state index contributed by atoms with van der Waals surface area (Å²) >= 11 is 0. The number of carbonyl (C=O) groups is 2. The number of hydrogen-bond acceptors (Lipinski definition) is 5. The first-order valence-electron chi connectivity index (χ1n) is 8.66. The molecular formula is C19H24N4O3. The summed E-state index contributed by atoms with van der Waals surface area (Å²) < 4.78 is 5.08. The molecule has 0 aromatic heterocycles. The second-order valence-corrected chi connectivity index (χ2v) is 5.99. The summed E-state index contributed by atoms with van der Waals surface area (Å²) in [6, 6.07) is 9.23. The van der Waals surface area contributed by atoms with Gasteiger partial charge in [-0.25, -0.2) is 0 Å². The number of ether oxygens (including phenoxy) is 1. The molecule has 1 fully saturated rings. The largest absolute Gasteiger partial charge is 0.497 e. The van der Waals surface area contributed by atoms with Gasteiger partial charge in [0.15, 0.2) is 0 Å². The lowest BCUT2D eigenvalue weighted by Gasteiger charge is -2.14. The van der Waals surface area contributed by atoms with E-state index in [0.717, 1.165) is 30.7 Å². The maximum atomic E-state index is 12.1. The summed E-state index contributed by atoms with van der Waals surface area (Å²) in [5, 5.41) is 14.8. The molecule has 1 aromatic carbocycles. The third-order valence-corrected chi connectivity index (χ3v) is 4.14. The van der Waals surface area contributed by atoms with E-state index < -0.39 is 5.91 Å². The number of nitrogens with one attached hydrogen (secondary N) is 2. The highest BCUT2D eigenvalue weighted by molar-refractivity contribution is 5.97. The van der Waals surface area contributed by atoms with Gasteiger partial charge in [-0.2, -0.15) is 5.26 Å². The van der Waals surface area contributed by atoms with Crippen molar-refractivity contribution in [1.29, 1.82) is 5.26 Å². The topological polar surface area (TPSA) is 94.5 Å². The highest BCUT2D eigenvalue weighted by Gasteiger charge is 2.18. The van der Waals surface area contributed by atoms with Gasteiger partial charge in [0.05, 0.1) is 7.11 Å². The molecule has 0 bridgehead atoms. The van der Waals surface area contributed by atoms with Crippen molar-refractivity contribution in [3.63, 3.8) is 0 Å². The minimum absolute atomic E-state index is 0.0239. The van der Waals surface area contributed by atoms with Gasteiger partial charge in [-0.3, -0.25) is 9.59 Å². The highest BCUT2D eigenvalue weighted by Crippen LogP contribution is 2.11. The summed E-state index contributed by atoms with van der Waals surface area (Å²) in [5.74, 6) is 0.527. The van der Waals surface area contributed by atoms with Crippen molar-refractivity contribution in [2.24, 2.45) is 0 Å². The molecule has 1 aromatic rings. The Morgan fingerprint density at radius 2 is 2.15 bits per heavy atom. The van der Waals surface area contributed by atoms with Gasteiger partial charge in [0.2, 0.25) is 5.91 Å². The molecule has 1 aliphatic rings. The minimum Gasteiger partial charge on any atom is -0.497 e. The van der Waals surface area contributed by atoms with Gasteiger partial charge in [-0.05, 0) is 30.5 Å². The van der Waals surface area contributed by atoms with Gasteiger partial charge in [0.1, 0.15) is 17.4 Å². The SMILES string of the molecule is COc1ccc(CNC(=O)/C(C#N)=C\NCCCN2CCCC2=O)cc1. The van der Waals surface area contributed by atoms with E-state index in [9.17, 15) is 9.59 Å². The van der Waals surface area contributed by atoms with Crippen molar-refractivity contribution in [1.82, 2.24) is 15.5 Å². The number of nitrogens with zero attached hydrogens (tertiary/aromatic N) is 2. The fourth-order valence-electron chi connectivity index (χ4n) is 2.66. The van der Waals surface area contributed by atoms with Crippen LogP contribution in [-0.2, 0) is 16.1 Å². The predicted octanol–water partition coefficient (Wildman–Crippen LogP) is 1.32. The van der Waals surface area contributed by atoms with Gasteiger partial charge >= 0.3 is 0 Å². The fourth-order valence-corrected chi connectivity index (χ4v) is 2.66. The molecule has 26 heavy (non-hydrogen) atoms. The number of hydrogen-bond donors (Lipinski definition) is 2. The second kappa shape index (κ2) is 10.1. The molecule has 7 heteroatoms. The summed E-state index contributed by atoms with van der Waals surface area (Å²) in [4.78, 5) is 25.4. The molecule has 2 rings (SSSR count). The number of benzene rings is 1. The van der Waals surface area contributed by atoms with Crippen LogP contribution in [0.15, 0.2) is 36.0 Å². The Bertz CT molecular complexity index is 692. The van der Waals surface area contributed by atoms with E-state index >= 15 is 0 Å². The molecule has 7 nitrogen and oxygen atoms in total. The lowest BCUT2D eigenvalue weighted by molar-refractivity contribution is -0.127. The zero-order valence-electron chi connectivity index (χ0n) is 15.0. The zero-order valence-corrected chi connectivity index (χ0v) is 15.0. The first-order chi connectivity index (χ1) is 12.6. The van der Waals surface area contributed by atoms with Crippen molar-refractivity contribution in [2.75, 3.05) is 26.7 Å². The van der Waals surface area contributed by atoms with E-state index in [2.05, 4.69) is 10.6 Å². The van der Waals surface area contributed by atoms with Crippen LogP contribution in [0.25, 0.3) is 0 Å². The van der Waals surface area contributed by atoms with Gasteiger partial charge in [0, 0.05) is 38.8 Å². The summed E-state index contributed by atoms with van der Waals surface area (Å²) in [5.41, 5.74) is 0.940. The maximum absolute atomic E-state index is 12.1. The summed E-state index contributed by atoms with van der Waals surface area (Å²) in [6.07, 6.45) is 3.77. The van der Waals surface area contributed by atoms with E-state index in [-0.39, 0.29) is 11.5 Å². The average molecular weight is 356 g/mol. The Kier molecular flexibility index (Phi) is 7.49. The fraction of sp³-hybridized carbons (Fsp3) is 0.421. The summed E-state index contributed by atoms with van der Waals surface area (Å²) in [7, 11) is 1.59. The van der Waals surface area contributed by atoms with Gasteiger partial charge in [-0.15, -0.1) is 0 Å². The Hall–Kier alpha value is -3.01. The lowest BCUT2D eigenvalue weighted by atomic mass is 10.2. The number of likely N-dealkylation sites (tertiary alicyclic amines) is 1. The molecule has 0 aliphatic carbocycles. The minimum atomic E-state index is -0.425. The third kappa shape index (κ3) is 5.81. The molecular weight excluding hydrogens is 332 g/mol. The normalized spacial score (nSPS) is 14.1. The first kappa shape index (κ1) is 19.3. The molecule has 138 valence electrons. The van der Waals surface area contributed by atoms with Crippen LogP contribution in [0.5, 0.6) is 5.75 Å². The Labute approximate surface area is 153 Å². The van der Waals surface area contributed by atoms with E-state index in [0.29, 0.717) is 26.1 Å². The Morgan fingerprint density at radius 1 is 1.38 bits per heavy atom. The number of carbonyl (C=O) groups excluding carboxylic acids is 2. The van der Waals surface area contributed by atoms with Gasteiger partial charge in [0.25, 0.3) is 5.91 Å². The maximum Gasteiger partial charge on any atom is 0.263 e. The van der Waals surface area contributed by atoms with Crippen LogP contribution < -0.4 is 15.4 Å². The molecule has 1 heterocycles. The molecule has 2 amide bonds. The van der Waals surface area contributed by atoms with Crippen LogP contribution in [0.2, 0.25) is 0 Å². The van der Waals surface area contributed by atoms with Gasteiger partial charge < -0.3 is 20.3 Å². The van der Waals surface area contributed by atoms with E-state index in [1.165, 1.54) is 6.20 Å². The summed E-state index contributed by atoms with van der Waals surface area (Å²) in [6.45, 7) is 2.46. The second-order valence-electron chi connectivity index (χ2n) is 5.99. The Balaban J connectivity index is 1.71. The molecule has 0 spiro atoms. The number of methoxy groups -OCH3 is 1. The third-order valence-electron chi connectivity index (χ3n) is 4.14. The predicted molar refractivity (Wildman–Crippen MR) is 97.0 cm³/mol. The quantitative estimate of drug-likeness (QED) is 0.395. The molecule has 1 saturated heterocycles. The van der Waals surface area contributed by atoms with Crippen molar-refractivity contribution >= 4 is 11.8 Å². The number of amides is 2. The molecule has 0 unspecified atom stereocenters. The van der Waals surface area contributed by atoms with Gasteiger partial charge in [-0.1, -0.05) is 12.1 Å². The Morgan fingerprint density at radius 3 is 2.77 bits per heavy atom. The van der Waals surface area contributed by atoms with Crippen LogP contribution >= 0.6 is 0 Å². The van der Waals surface area contributed by atoms with Crippen LogP contribution in [0.1, 0.15) is 24.8 Å². The van der Waals surface area contributed by atoms with Crippen molar-refractivity contribution in [2.45, 2.75) is 25.8 Å². The van der Waals surface area contributed by atoms with E-state index in [1.807, 2.05) is 35.2 Å². The molecule has 0 atom stereocenters. The molecule has 0 radical (unpaired) electrons. The smallest absolute Gasteiger partial charge is 0.263 e. The average Bonchev–Trinajstić information content (AvgIpc) is 3.08. The first-order valence-corrected chi connectivity index (χ1v) is 8.66. The van der Waals surface area contributed by atoms with Crippen LogP contribution in [0, 0.1) is 11.3 Å². The number of nitriles is 1. The van der Waals surface area contributed by atoms with Crippen LogP contribution in [-0.4, -0.2) is 43.5 Å². The van der Waals surface area contributed by atoms with Crippen LogP contribution in [0.3, 0.4) is 0 Å². The standard InChI is InChI=1S/C19H24N4O3/c1-26-17-7-5-15(6-8-17)13-22-19(25)16(12-20)14-21-9-3-11-23-10-2-4-18(23)24/h5-8,14,21H,2-4,9-11,13H2,1H3,(H,22,25)/b16-14-. The molecule has 1 aliphatic heterocycles.